The molecular weight excluding hydrogens is 390 g/mol. The highest BCUT2D eigenvalue weighted by Crippen LogP contribution is 2.23. The summed E-state index contributed by atoms with van der Waals surface area (Å²) in [5.41, 5.74) is 2.65. The van der Waals surface area contributed by atoms with Crippen LogP contribution in [0, 0.1) is 0 Å². The van der Waals surface area contributed by atoms with Gasteiger partial charge in [0.15, 0.2) is 0 Å². The minimum Gasteiger partial charge on any atom is -0.367 e. The second kappa shape index (κ2) is 8.75. The van der Waals surface area contributed by atoms with Crippen LogP contribution < -0.4 is 20.4 Å². The zero-order valence-electron chi connectivity index (χ0n) is 17.5. The van der Waals surface area contributed by atoms with Gasteiger partial charge in [-0.2, -0.15) is 0 Å². The number of aromatic nitrogens is 3. The third kappa shape index (κ3) is 4.52. The Hall–Kier alpha value is -3.42. The second-order valence-corrected chi connectivity index (χ2v) is 8.17. The third-order valence-corrected chi connectivity index (χ3v) is 6.07. The van der Waals surface area contributed by atoms with E-state index >= 15 is 0 Å². The quantitative estimate of drug-likeness (QED) is 0.677. The van der Waals surface area contributed by atoms with Gasteiger partial charge in [0.25, 0.3) is 0 Å². The number of piperazine rings is 1. The van der Waals surface area contributed by atoms with Crippen LogP contribution in [0.25, 0.3) is 11.0 Å². The number of hydrogen-bond acceptors (Lipinski definition) is 6. The van der Waals surface area contributed by atoms with Crippen LogP contribution in [0.4, 0.5) is 22.1 Å². The van der Waals surface area contributed by atoms with Gasteiger partial charge in [0, 0.05) is 38.4 Å². The number of fused-ring (bicyclic) bond motifs is 1. The lowest BCUT2D eigenvalue weighted by Gasteiger charge is -2.36. The number of nitrogens with one attached hydrogen (secondary N) is 2. The monoisotopic (exact) mass is 417 g/mol. The highest BCUT2D eigenvalue weighted by Gasteiger charge is 2.19. The van der Waals surface area contributed by atoms with Crippen LogP contribution in [0.3, 0.4) is 0 Å². The predicted octanol–water partition coefficient (Wildman–Crippen LogP) is 3.42. The van der Waals surface area contributed by atoms with Crippen LogP contribution in [-0.2, 0) is 0 Å². The average molecular weight is 418 g/mol. The molecule has 5 rings (SSSR count). The lowest BCUT2D eigenvalue weighted by Crippen LogP contribution is -2.46. The van der Waals surface area contributed by atoms with E-state index in [1.54, 1.807) is 6.07 Å². The molecule has 160 valence electrons. The van der Waals surface area contributed by atoms with E-state index < -0.39 is 0 Å². The van der Waals surface area contributed by atoms with E-state index in [0.717, 1.165) is 61.6 Å². The van der Waals surface area contributed by atoms with Crippen molar-refractivity contribution in [2.24, 2.45) is 0 Å². The molecule has 2 amide bonds. The van der Waals surface area contributed by atoms with Crippen LogP contribution in [-0.4, -0.2) is 53.2 Å². The summed E-state index contributed by atoms with van der Waals surface area (Å²) < 4.78 is 0. The third-order valence-electron chi connectivity index (χ3n) is 6.07. The Balaban J connectivity index is 1.25. The lowest BCUT2D eigenvalue weighted by molar-refractivity contribution is 0.248. The Morgan fingerprint density at radius 1 is 0.935 bits per heavy atom. The largest absolute Gasteiger partial charge is 0.367 e. The Morgan fingerprint density at radius 2 is 1.74 bits per heavy atom. The normalized spacial score (nSPS) is 17.2. The van der Waals surface area contributed by atoms with Crippen LogP contribution >= 0.6 is 0 Å². The van der Waals surface area contributed by atoms with E-state index in [0.29, 0.717) is 5.82 Å². The van der Waals surface area contributed by atoms with Gasteiger partial charge in [-0.05, 0) is 43.2 Å². The molecule has 2 N–H and O–H groups in total. The summed E-state index contributed by atoms with van der Waals surface area (Å²) in [6, 6.07) is 11.9. The molecule has 0 aromatic carbocycles. The fraction of sp³-hybridized carbons (Fsp3) is 0.391. The molecule has 0 spiro atoms. The van der Waals surface area contributed by atoms with Crippen molar-refractivity contribution in [3.05, 3.63) is 48.8 Å². The van der Waals surface area contributed by atoms with Crippen molar-refractivity contribution < 1.29 is 4.79 Å². The fourth-order valence-corrected chi connectivity index (χ4v) is 4.38. The minimum atomic E-state index is -0.187. The first-order valence-electron chi connectivity index (χ1n) is 11.0. The Morgan fingerprint density at radius 3 is 2.52 bits per heavy atom. The zero-order valence-corrected chi connectivity index (χ0v) is 17.5. The molecular formula is C23H27N7O. The smallest absolute Gasteiger partial charge is 0.320 e. The predicted molar refractivity (Wildman–Crippen MR) is 123 cm³/mol. The van der Waals surface area contributed by atoms with Gasteiger partial charge in [-0.15, -0.1) is 0 Å². The zero-order chi connectivity index (χ0) is 21.0. The van der Waals surface area contributed by atoms with E-state index in [9.17, 15) is 4.79 Å². The molecule has 3 aromatic rings. The highest BCUT2D eigenvalue weighted by molar-refractivity contribution is 5.90. The van der Waals surface area contributed by atoms with Crippen molar-refractivity contribution in [2.45, 2.75) is 31.7 Å². The van der Waals surface area contributed by atoms with Gasteiger partial charge in [0.1, 0.15) is 11.6 Å². The first-order valence-corrected chi connectivity index (χ1v) is 11.0. The number of nitrogens with zero attached hydrogens (tertiary/aromatic N) is 5. The highest BCUT2D eigenvalue weighted by atomic mass is 16.2. The molecule has 1 saturated heterocycles. The summed E-state index contributed by atoms with van der Waals surface area (Å²) >= 11 is 0. The van der Waals surface area contributed by atoms with Crippen LogP contribution in [0.15, 0.2) is 48.8 Å². The molecule has 31 heavy (non-hydrogen) atoms. The van der Waals surface area contributed by atoms with Crippen LogP contribution in [0.1, 0.15) is 25.7 Å². The minimum absolute atomic E-state index is 0.187. The van der Waals surface area contributed by atoms with Gasteiger partial charge in [-0.3, -0.25) is 10.3 Å². The van der Waals surface area contributed by atoms with Crippen LogP contribution in [0.2, 0.25) is 0 Å². The standard InChI is InChI=1S/C23H27N7O/c31-23(26-17-5-1-2-6-17)28-21-9-8-19-20(27-21)15-18(16-25-19)29-11-13-30(14-12-29)22-7-3-4-10-24-22/h3-4,7-10,15-17H,1-2,5-6,11-14H2,(H2,26,27,28,31). The maximum Gasteiger partial charge on any atom is 0.320 e. The molecule has 2 aliphatic rings. The lowest BCUT2D eigenvalue weighted by atomic mass is 10.2. The first-order chi connectivity index (χ1) is 15.2. The van der Waals surface area contributed by atoms with Gasteiger partial charge < -0.3 is 15.1 Å². The summed E-state index contributed by atoms with van der Waals surface area (Å²) in [7, 11) is 0. The molecule has 0 atom stereocenters. The molecule has 8 nitrogen and oxygen atoms in total. The molecule has 3 aromatic heterocycles. The van der Waals surface area contributed by atoms with Crippen molar-refractivity contribution in [1.82, 2.24) is 20.3 Å². The number of carbonyl (C=O) groups excluding carboxylic acids is 1. The number of carbonyl (C=O) groups is 1. The van der Waals surface area contributed by atoms with Gasteiger partial charge in [0.05, 0.1) is 22.9 Å². The van der Waals surface area contributed by atoms with E-state index in [2.05, 4.69) is 47.5 Å². The maximum absolute atomic E-state index is 12.3. The number of urea groups is 1. The van der Waals surface area contributed by atoms with Gasteiger partial charge in [-0.1, -0.05) is 18.9 Å². The Kier molecular flexibility index (Phi) is 5.52. The number of rotatable bonds is 4. The van der Waals surface area contributed by atoms with Crippen LogP contribution in [0.5, 0.6) is 0 Å². The number of pyridine rings is 3. The van der Waals surface area contributed by atoms with Gasteiger partial charge in [0.2, 0.25) is 0 Å². The molecule has 0 radical (unpaired) electrons. The van der Waals surface area contributed by atoms with Crippen molar-refractivity contribution in [3.8, 4) is 0 Å². The Labute approximate surface area is 181 Å². The summed E-state index contributed by atoms with van der Waals surface area (Å²) in [5, 5.41) is 5.90. The molecule has 2 fully saturated rings. The summed E-state index contributed by atoms with van der Waals surface area (Å²) in [5.74, 6) is 1.56. The SMILES string of the molecule is O=C(Nc1ccc2ncc(N3CCN(c4ccccn4)CC3)cc2n1)NC1CCCC1. The van der Waals surface area contributed by atoms with Crippen molar-refractivity contribution in [1.29, 1.82) is 0 Å². The summed E-state index contributed by atoms with van der Waals surface area (Å²) in [4.78, 5) is 30.5. The summed E-state index contributed by atoms with van der Waals surface area (Å²) in [6.45, 7) is 3.60. The van der Waals surface area contributed by atoms with E-state index in [4.69, 9.17) is 0 Å². The fourth-order valence-electron chi connectivity index (χ4n) is 4.38. The van der Waals surface area contributed by atoms with E-state index in [1.165, 1.54) is 12.8 Å². The molecule has 1 saturated carbocycles. The molecule has 1 aliphatic heterocycles. The van der Waals surface area contributed by atoms with Gasteiger partial charge in [-0.25, -0.2) is 14.8 Å². The first kappa shape index (κ1) is 19.5. The van der Waals surface area contributed by atoms with E-state index in [1.807, 2.05) is 30.6 Å². The van der Waals surface area contributed by atoms with Crippen molar-refractivity contribution in [2.75, 3.05) is 41.3 Å². The molecule has 4 heterocycles. The number of hydrogen-bond donors (Lipinski definition) is 2. The number of amides is 2. The average Bonchev–Trinajstić information content (AvgIpc) is 3.32. The Bertz CT molecular complexity index is 1040. The number of anilines is 3. The summed E-state index contributed by atoms with van der Waals surface area (Å²) in [6.07, 6.45) is 8.22. The van der Waals surface area contributed by atoms with Crippen molar-refractivity contribution >= 4 is 34.4 Å². The molecule has 0 bridgehead atoms. The van der Waals surface area contributed by atoms with Gasteiger partial charge >= 0.3 is 6.03 Å². The molecule has 8 heteroatoms. The topological polar surface area (TPSA) is 86.3 Å². The maximum atomic E-state index is 12.3. The van der Waals surface area contributed by atoms with E-state index in [-0.39, 0.29) is 12.1 Å². The molecule has 1 aliphatic carbocycles. The second-order valence-electron chi connectivity index (χ2n) is 8.17. The van der Waals surface area contributed by atoms with Crippen molar-refractivity contribution in [3.63, 3.8) is 0 Å². The molecule has 0 unspecified atom stereocenters.